The van der Waals surface area contributed by atoms with Crippen molar-refractivity contribution in [2.45, 2.75) is 6.42 Å². The van der Waals surface area contributed by atoms with Crippen molar-refractivity contribution in [3.63, 3.8) is 0 Å². The smallest absolute Gasteiger partial charge is 0.222 e. The second-order valence-corrected chi connectivity index (χ2v) is 4.93. The van der Waals surface area contributed by atoms with Gasteiger partial charge in [-0.3, -0.25) is 9.78 Å². The summed E-state index contributed by atoms with van der Waals surface area (Å²) in [6, 6.07) is 5.84. The monoisotopic (exact) mass is 256 g/mol. The minimum absolute atomic E-state index is 0.0607. The van der Waals surface area contributed by atoms with Gasteiger partial charge in [-0.1, -0.05) is 0 Å². The van der Waals surface area contributed by atoms with Crippen LogP contribution in [0.5, 0.6) is 0 Å². The molecule has 1 aromatic carbocycles. The number of fused-ring (bicyclic) bond motifs is 1. The Labute approximate surface area is 111 Å². The lowest BCUT2D eigenvalue weighted by atomic mass is 10.1. The summed E-state index contributed by atoms with van der Waals surface area (Å²) in [6.45, 7) is 1.52. The van der Waals surface area contributed by atoms with Gasteiger partial charge < -0.3 is 16.4 Å². The average molecular weight is 256 g/mol. The van der Waals surface area contributed by atoms with Crippen molar-refractivity contribution in [1.82, 2.24) is 4.98 Å². The summed E-state index contributed by atoms with van der Waals surface area (Å²) < 4.78 is 0. The minimum Gasteiger partial charge on any atom is -0.398 e. The van der Waals surface area contributed by atoms with Gasteiger partial charge in [0.05, 0.1) is 5.92 Å². The van der Waals surface area contributed by atoms with E-state index in [0.717, 1.165) is 35.1 Å². The van der Waals surface area contributed by atoms with Crippen molar-refractivity contribution < 1.29 is 4.79 Å². The van der Waals surface area contributed by atoms with E-state index in [9.17, 15) is 4.79 Å². The highest BCUT2D eigenvalue weighted by molar-refractivity contribution is 6.01. The molecule has 0 aliphatic carbocycles. The highest BCUT2D eigenvalue weighted by Gasteiger charge is 2.27. The van der Waals surface area contributed by atoms with E-state index in [-0.39, 0.29) is 11.8 Å². The first-order valence-electron chi connectivity index (χ1n) is 6.33. The Morgan fingerprint density at radius 2 is 2.16 bits per heavy atom. The number of hydrogen-bond acceptors (Lipinski definition) is 4. The van der Waals surface area contributed by atoms with Gasteiger partial charge in [-0.2, -0.15) is 0 Å². The maximum Gasteiger partial charge on any atom is 0.222 e. The van der Waals surface area contributed by atoms with Crippen LogP contribution in [0, 0.1) is 5.92 Å². The first kappa shape index (κ1) is 11.8. The molecule has 1 saturated heterocycles. The van der Waals surface area contributed by atoms with Crippen molar-refractivity contribution in [1.29, 1.82) is 0 Å². The number of nitrogens with zero attached hydrogens (tertiary/aromatic N) is 2. The first-order valence-corrected chi connectivity index (χ1v) is 6.33. The van der Waals surface area contributed by atoms with Gasteiger partial charge in [-0.25, -0.2) is 0 Å². The summed E-state index contributed by atoms with van der Waals surface area (Å²) in [4.78, 5) is 17.6. The number of nitrogens with two attached hydrogens (primary N) is 2. The molecule has 0 bridgehead atoms. The fraction of sp³-hybridized carbons (Fsp3) is 0.286. The molecule has 0 saturated carbocycles. The summed E-state index contributed by atoms with van der Waals surface area (Å²) in [6.07, 6.45) is 4.34. The fourth-order valence-electron chi connectivity index (χ4n) is 2.68. The van der Waals surface area contributed by atoms with Crippen molar-refractivity contribution in [2.75, 3.05) is 23.7 Å². The summed E-state index contributed by atoms with van der Waals surface area (Å²) in [7, 11) is 0. The second kappa shape index (κ2) is 4.42. The fourth-order valence-corrected chi connectivity index (χ4v) is 2.68. The molecular formula is C14H16N4O. The zero-order valence-electron chi connectivity index (χ0n) is 10.5. The first-order chi connectivity index (χ1) is 9.16. The van der Waals surface area contributed by atoms with E-state index in [2.05, 4.69) is 9.88 Å². The zero-order valence-corrected chi connectivity index (χ0v) is 10.5. The van der Waals surface area contributed by atoms with Crippen LogP contribution in [0.25, 0.3) is 10.8 Å². The van der Waals surface area contributed by atoms with E-state index in [4.69, 9.17) is 11.5 Å². The second-order valence-electron chi connectivity index (χ2n) is 4.93. The molecule has 1 amide bonds. The van der Waals surface area contributed by atoms with Crippen LogP contribution < -0.4 is 16.4 Å². The van der Waals surface area contributed by atoms with Gasteiger partial charge in [0.1, 0.15) is 0 Å². The molecule has 2 heterocycles. The largest absolute Gasteiger partial charge is 0.398 e. The maximum absolute atomic E-state index is 11.3. The van der Waals surface area contributed by atoms with Crippen molar-refractivity contribution in [3.8, 4) is 0 Å². The third-order valence-electron chi connectivity index (χ3n) is 3.76. The average Bonchev–Trinajstić information content (AvgIpc) is 2.89. The number of pyridine rings is 1. The Balaban J connectivity index is 2.02. The van der Waals surface area contributed by atoms with Crippen LogP contribution in [0.3, 0.4) is 0 Å². The molecule has 1 atom stereocenters. The normalized spacial score (nSPS) is 18.9. The van der Waals surface area contributed by atoms with E-state index in [0.29, 0.717) is 6.54 Å². The number of nitrogen functional groups attached to an aromatic ring is 1. The van der Waals surface area contributed by atoms with Crippen LogP contribution in [-0.4, -0.2) is 24.0 Å². The molecular weight excluding hydrogens is 240 g/mol. The number of benzene rings is 1. The standard InChI is InChI=1S/C14H16N4O/c15-12-1-2-13(10-3-5-17-7-11(10)12)18-6-4-9(8-18)14(16)19/h1-3,5,7,9H,4,6,8,15H2,(H2,16,19). The lowest BCUT2D eigenvalue weighted by Crippen LogP contribution is -2.27. The summed E-state index contributed by atoms with van der Waals surface area (Å²) in [5.74, 6) is -0.279. The predicted octanol–water partition coefficient (Wildman–Crippen LogP) is 1.13. The number of rotatable bonds is 2. The topological polar surface area (TPSA) is 85.2 Å². The Kier molecular flexibility index (Phi) is 2.74. The SMILES string of the molecule is NC(=O)C1CCN(c2ccc(N)c3cnccc23)C1. The molecule has 5 heteroatoms. The van der Waals surface area contributed by atoms with Gasteiger partial charge in [0.15, 0.2) is 0 Å². The van der Waals surface area contributed by atoms with Crippen LogP contribution in [0.1, 0.15) is 6.42 Å². The number of amides is 1. The van der Waals surface area contributed by atoms with Crippen LogP contribution in [0.15, 0.2) is 30.6 Å². The van der Waals surface area contributed by atoms with E-state index in [1.54, 1.807) is 12.4 Å². The predicted molar refractivity (Wildman–Crippen MR) is 75.7 cm³/mol. The Hall–Kier alpha value is -2.30. The third-order valence-corrected chi connectivity index (χ3v) is 3.76. The summed E-state index contributed by atoms with van der Waals surface area (Å²) in [5.41, 5.74) is 13.2. The molecule has 19 heavy (non-hydrogen) atoms. The van der Waals surface area contributed by atoms with Crippen LogP contribution in [-0.2, 0) is 4.79 Å². The molecule has 1 unspecified atom stereocenters. The molecule has 5 nitrogen and oxygen atoms in total. The van der Waals surface area contributed by atoms with Crippen LogP contribution in [0.2, 0.25) is 0 Å². The molecule has 98 valence electrons. The van der Waals surface area contributed by atoms with E-state index in [1.165, 1.54) is 0 Å². The molecule has 0 spiro atoms. The number of anilines is 2. The maximum atomic E-state index is 11.3. The van der Waals surface area contributed by atoms with E-state index < -0.39 is 0 Å². The minimum atomic E-state index is -0.219. The number of carbonyl (C=O) groups excluding carboxylic acids is 1. The zero-order chi connectivity index (χ0) is 13.4. The van der Waals surface area contributed by atoms with Gasteiger partial charge in [-0.15, -0.1) is 0 Å². The van der Waals surface area contributed by atoms with Gasteiger partial charge in [0, 0.05) is 47.6 Å². The molecule has 1 aliphatic rings. The molecule has 3 rings (SSSR count). The van der Waals surface area contributed by atoms with Crippen molar-refractivity contribution >= 4 is 28.1 Å². The number of primary amides is 1. The lowest BCUT2D eigenvalue weighted by Gasteiger charge is -2.20. The number of aromatic nitrogens is 1. The highest BCUT2D eigenvalue weighted by Crippen LogP contribution is 2.33. The highest BCUT2D eigenvalue weighted by atomic mass is 16.1. The quantitative estimate of drug-likeness (QED) is 0.789. The molecule has 1 aromatic heterocycles. The van der Waals surface area contributed by atoms with Gasteiger partial charge in [0.2, 0.25) is 5.91 Å². The van der Waals surface area contributed by atoms with Gasteiger partial charge in [-0.05, 0) is 24.6 Å². The molecule has 0 radical (unpaired) electrons. The Morgan fingerprint density at radius 3 is 2.89 bits per heavy atom. The molecule has 4 N–H and O–H groups in total. The third kappa shape index (κ3) is 1.97. The Bertz CT molecular complexity index is 640. The summed E-state index contributed by atoms with van der Waals surface area (Å²) in [5, 5.41) is 2.02. The van der Waals surface area contributed by atoms with Crippen molar-refractivity contribution in [3.05, 3.63) is 30.6 Å². The van der Waals surface area contributed by atoms with E-state index >= 15 is 0 Å². The van der Waals surface area contributed by atoms with Crippen LogP contribution >= 0.6 is 0 Å². The number of hydrogen-bond donors (Lipinski definition) is 2. The Morgan fingerprint density at radius 1 is 1.32 bits per heavy atom. The van der Waals surface area contributed by atoms with E-state index in [1.807, 2.05) is 18.2 Å². The summed E-state index contributed by atoms with van der Waals surface area (Å²) >= 11 is 0. The van der Waals surface area contributed by atoms with Gasteiger partial charge >= 0.3 is 0 Å². The molecule has 1 aliphatic heterocycles. The van der Waals surface area contributed by atoms with Crippen molar-refractivity contribution in [2.24, 2.45) is 11.7 Å². The molecule has 1 fully saturated rings. The molecule has 2 aromatic rings. The number of carbonyl (C=O) groups is 1. The van der Waals surface area contributed by atoms with Gasteiger partial charge in [0.25, 0.3) is 0 Å². The lowest BCUT2D eigenvalue weighted by molar-refractivity contribution is -0.121. The van der Waals surface area contributed by atoms with Crippen LogP contribution in [0.4, 0.5) is 11.4 Å².